The van der Waals surface area contributed by atoms with Gasteiger partial charge in [-0.15, -0.1) is 0 Å². The molecule has 2 aromatic rings. The van der Waals surface area contributed by atoms with Crippen molar-refractivity contribution in [3.8, 4) is 5.75 Å². The SMILES string of the molecule is CC(C)NCCC(O)(O)Oc1cccc2ccccc12. The Balaban J connectivity index is 2.10. The Morgan fingerprint density at radius 3 is 2.55 bits per heavy atom. The molecule has 0 aliphatic carbocycles. The standard InChI is InChI=1S/C16H21NO3/c1-12(2)17-11-10-16(18,19)20-15-9-5-7-13-6-3-4-8-14(13)15/h3-9,12,17-19H,10-11H2,1-2H3. The van der Waals surface area contributed by atoms with Gasteiger partial charge in [0.15, 0.2) is 0 Å². The molecule has 0 saturated heterocycles. The molecule has 4 heteroatoms. The van der Waals surface area contributed by atoms with Crippen LogP contribution in [0, 0.1) is 0 Å². The number of hydrogen-bond donors (Lipinski definition) is 3. The molecule has 0 spiro atoms. The molecule has 0 aromatic heterocycles. The summed E-state index contributed by atoms with van der Waals surface area (Å²) >= 11 is 0. The summed E-state index contributed by atoms with van der Waals surface area (Å²) in [7, 11) is 0. The van der Waals surface area contributed by atoms with E-state index < -0.39 is 5.97 Å². The van der Waals surface area contributed by atoms with Crippen molar-refractivity contribution in [2.45, 2.75) is 32.3 Å². The van der Waals surface area contributed by atoms with Crippen LogP contribution in [0.4, 0.5) is 0 Å². The fourth-order valence-electron chi connectivity index (χ4n) is 2.04. The highest BCUT2D eigenvalue weighted by Crippen LogP contribution is 2.27. The number of ether oxygens (including phenoxy) is 1. The van der Waals surface area contributed by atoms with E-state index in [1.807, 2.05) is 50.2 Å². The van der Waals surface area contributed by atoms with E-state index in [-0.39, 0.29) is 6.42 Å². The van der Waals surface area contributed by atoms with Gasteiger partial charge in [0.05, 0.1) is 6.42 Å². The van der Waals surface area contributed by atoms with E-state index in [0.29, 0.717) is 18.3 Å². The predicted molar refractivity (Wildman–Crippen MR) is 79.5 cm³/mol. The third-order valence-corrected chi connectivity index (χ3v) is 3.03. The molecule has 0 aliphatic heterocycles. The van der Waals surface area contributed by atoms with Crippen LogP contribution in [0.25, 0.3) is 10.8 Å². The molecular formula is C16H21NO3. The number of rotatable bonds is 6. The minimum atomic E-state index is -2.17. The number of benzene rings is 2. The summed E-state index contributed by atoms with van der Waals surface area (Å²) < 4.78 is 5.37. The summed E-state index contributed by atoms with van der Waals surface area (Å²) in [5, 5.41) is 24.9. The summed E-state index contributed by atoms with van der Waals surface area (Å²) in [5.41, 5.74) is 0. The first-order valence-corrected chi connectivity index (χ1v) is 6.83. The molecule has 0 saturated carbocycles. The van der Waals surface area contributed by atoms with Gasteiger partial charge in [-0.25, -0.2) is 0 Å². The van der Waals surface area contributed by atoms with Gasteiger partial charge in [-0.2, -0.15) is 0 Å². The molecule has 0 fully saturated rings. The lowest BCUT2D eigenvalue weighted by atomic mass is 10.1. The monoisotopic (exact) mass is 275 g/mol. The zero-order valence-corrected chi connectivity index (χ0v) is 11.8. The maximum absolute atomic E-state index is 9.93. The first-order chi connectivity index (χ1) is 9.48. The lowest BCUT2D eigenvalue weighted by Crippen LogP contribution is -2.39. The van der Waals surface area contributed by atoms with Crippen LogP contribution in [0.15, 0.2) is 42.5 Å². The molecule has 108 valence electrons. The van der Waals surface area contributed by atoms with Crippen molar-refractivity contribution in [3.05, 3.63) is 42.5 Å². The zero-order chi connectivity index (χ0) is 14.6. The van der Waals surface area contributed by atoms with Gasteiger partial charge in [0.1, 0.15) is 5.75 Å². The van der Waals surface area contributed by atoms with E-state index in [1.54, 1.807) is 6.07 Å². The molecule has 3 N–H and O–H groups in total. The Hall–Kier alpha value is -1.62. The largest absolute Gasteiger partial charge is 0.439 e. The van der Waals surface area contributed by atoms with Gasteiger partial charge in [0.2, 0.25) is 0 Å². The highest BCUT2D eigenvalue weighted by atomic mass is 16.8. The molecule has 4 nitrogen and oxygen atoms in total. The number of nitrogens with one attached hydrogen (secondary N) is 1. The summed E-state index contributed by atoms with van der Waals surface area (Å²) in [4.78, 5) is 0. The topological polar surface area (TPSA) is 61.7 Å². The Morgan fingerprint density at radius 1 is 1.10 bits per heavy atom. The highest BCUT2D eigenvalue weighted by molar-refractivity contribution is 5.88. The fourth-order valence-corrected chi connectivity index (χ4v) is 2.04. The molecule has 0 atom stereocenters. The van der Waals surface area contributed by atoms with Crippen molar-refractivity contribution in [3.63, 3.8) is 0 Å². The molecule has 0 unspecified atom stereocenters. The maximum atomic E-state index is 9.93. The van der Waals surface area contributed by atoms with Gasteiger partial charge < -0.3 is 20.3 Å². The molecule has 0 radical (unpaired) electrons. The zero-order valence-electron chi connectivity index (χ0n) is 11.8. The van der Waals surface area contributed by atoms with E-state index in [9.17, 15) is 10.2 Å². The number of hydrogen-bond acceptors (Lipinski definition) is 4. The van der Waals surface area contributed by atoms with Gasteiger partial charge in [0.25, 0.3) is 0 Å². The minimum Gasteiger partial charge on any atom is -0.439 e. The predicted octanol–water partition coefficient (Wildman–Crippen LogP) is 2.25. The second kappa shape index (κ2) is 6.22. The number of fused-ring (bicyclic) bond motifs is 1. The van der Waals surface area contributed by atoms with Crippen LogP contribution in [0.5, 0.6) is 5.75 Å². The molecule has 0 amide bonds. The van der Waals surface area contributed by atoms with Crippen LogP contribution in [0.2, 0.25) is 0 Å². The summed E-state index contributed by atoms with van der Waals surface area (Å²) in [5.74, 6) is -1.70. The van der Waals surface area contributed by atoms with Crippen molar-refractivity contribution in [1.82, 2.24) is 5.32 Å². The minimum absolute atomic E-state index is 0.0917. The fraction of sp³-hybridized carbons (Fsp3) is 0.375. The third kappa shape index (κ3) is 3.93. The second-order valence-corrected chi connectivity index (χ2v) is 5.18. The molecule has 0 bridgehead atoms. The molecule has 0 aliphatic rings. The van der Waals surface area contributed by atoms with Gasteiger partial charge in [0, 0.05) is 18.0 Å². The molecular weight excluding hydrogens is 254 g/mol. The lowest BCUT2D eigenvalue weighted by Gasteiger charge is -2.24. The smallest absolute Gasteiger partial charge is 0.323 e. The van der Waals surface area contributed by atoms with Gasteiger partial charge in [-0.1, -0.05) is 50.2 Å². The summed E-state index contributed by atoms with van der Waals surface area (Å²) in [6.45, 7) is 4.47. The first kappa shape index (κ1) is 14.8. The quantitative estimate of drug-likeness (QED) is 0.708. The van der Waals surface area contributed by atoms with Gasteiger partial charge in [-0.05, 0) is 11.5 Å². The van der Waals surface area contributed by atoms with Crippen molar-refractivity contribution >= 4 is 10.8 Å². The highest BCUT2D eigenvalue weighted by Gasteiger charge is 2.25. The van der Waals surface area contributed by atoms with Gasteiger partial charge in [-0.3, -0.25) is 0 Å². The average Bonchev–Trinajstić information content (AvgIpc) is 2.38. The Bertz CT molecular complexity index is 561. The van der Waals surface area contributed by atoms with E-state index in [4.69, 9.17) is 4.74 Å². The van der Waals surface area contributed by atoms with Crippen LogP contribution in [-0.4, -0.2) is 28.8 Å². The van der Waals surface area contributed by atoms with Crippen LogP contribution >= 0.6 is 0 Å². The lowest BCUT2D eigenvalue weighted by molar-refractivity contribution is -0.294. The van der Waals surface area contributed by atoms with Crippen molar-refractivity contribution in [1.29, 1.82) is 0 Å². The van der Waals surface area contributed by atoms with Crippen molar-refractivity contribution in [2.24, 2.45) is 0 Å². The average molecular weight is 275 g/mol. The molecule has 0 heterocycles. The van der Waals surface area contributed by atoms with Crippen LogP contribution in [-0.2, 0) is 0 Å². The van der Waals surface area contributed by atoms with E-state index >= 15 is 0 Å². The van der Waals surface area contributed by atoms with Crippen LogP contribution in [0.1, 0.15) is 20.3 Å². The van der Waals surface area contributed by atoms with E-state index in [2.05, 4.69) is 5.32 Å². The number of aliphatic hydroxyl groups is 2. The van der Waals surface area contributed by atoms with E-state index in [0.717, 1.165) is 10.8 Å². The third-order valence-electron chi connectivity index (χ3n) is 3.03. The Morgan fingerprint density at radius 2 is 1.80 bits per heavy atom. The Kier molecular flexibility index (Phi) is 4.60. The summed E-state index contributed by atoms with van der Waals surface area (Å²) in [6, 6.07) is 13.5. The van der Waals surface area contributed by atoms with Crippen molar-refractivity contribution < 1.29 is 14.9 Å². The molecule has 2 aromatic carbocycles. The maximum Gasteiger partial charge on any atom is 0.323 e. The normalized spacial score (nSPS) is 12.1. The molecule has 2 rings (SSSR count). The van der Waals surface area contributed by atoms with Crippen LogP contribution in [0.3, 0.4) is 0 Å². The van der Waals surface area contributed by atoms with Crippen LogP contribution < -0.4 is 10.1 Å². The second-order valence-electron chi connectivity index (χ2n) is 5.18. The van der Waals surface area contributed by atoms with E-state index in [1.165, 1.54) is 0 Å². The first-order valence-electron chi connectivity index (χ1n) is 6.83. The Labute approximate surface area is 119 Å². The summed E-state index contributed by atoms with van der Waals surface area (Å²) in [6.07, 6.45) is 0.0917. The van der Waals surface area contributed by atoms with Crippen molar-refractivity contribution in [2.75, 3.05) is 6.54 Å². The van der Waals surface area contributed by atoms with Gasteiger partial charge >= 0.3 is 5.97 Å². The molecule has 20 heavy (non-hydrogen) atoms.